The Morgan fingerprint density at radius 1 is 0.964 bits per heavy atom. The minimum atomic E-state index is -1.78. The fourth-order valence-electron chi connectivity index (χ4n) is 6.53. The van der Waals surface area contributed by atoms with Crippen molar-refractivity contribution in [2.75, 3.05) is 7.11 Å². The number of aliphatic carboxylic acids is 1. The van der Waals surface area contributed by atoms with Crippen LogP contribution in [0.5, 0.6) is 23.0 Å². The van der Waals surface area contributed by atoms with E-state index in [1.807, 2.05) is 0 Å². The number of carboxylic acid groups (broad SMARTS) is 1. The Balaban J connectivity index is 1.73. The molecule has 0 aromatic heterocycles. The van der Waals surface area contributed by atoms with Crippen molar-refractivity contribution in [1.29, 1.82) is 0 Å². The normalized spacial score (nSPS) is 17.7. The number of hydrogen-bond donors (Lipinski definition) is 6. The van der Waals surface area contributed by atoms with Crippen LogP contribution in [0, 0.1) is 10.1 Å². The summed E-state index contributed by atoms with van der Waals surface area (Å²) in [6, 6.07) is 9.29. The Hall–Kier alpha value is -5.70. The highest BCUT2D eigenvalue weighted by Gasteiger charge is 2.36. The van der Waals surface area contributed by atoms with E-state index in [9.17, 15) is 39.5 Å². The van der Waals surface area contributed by atoms with Crippen molar-refractivity contribution in [1.82, 2.24) is 16.0 Å². The van der Waals surface area contributed by atoms with Gasteiger partial charge in [0, 0.05) is 18.9 Å². The number of ether oxygens (including phenoxy) is 2. The van der Waals surface area contributed by atoms with Crippen LogP contribution in [-0.2, 0) is 32.0 Å². The van der Waals surface area contributed by atoms with Crippen molar-refractivity contribution in [3.05, 3.63) is 87.5 Å². The summed E-state index contributed by atoms with van der Waals surface area (Å²) in [5.41, 5.74) is 6.71. The number of hydrogen-bond acceptors (Lipinski definition) is 10. The van der Waals surface area contributed by atoms with E-state index in [1.54, 1.807) is 30.3 Å². The molecular formula is C40H51N5O10. The molecule has 4 bridgehead atoms. The monoisotopic (exact) mass is 761 g/mol. The fraction of sp³-hybridized carbons (Fsp3) is 0.450. The van der Waals surface area contributed by atoms with Crippen LogP contribution >= 0.6 is 0 Å². The number of carbonyl (C=O) groups is 4. The minimum absolute atomic E-state index is 0.0249. The number of carbonyl (C=O) groups excluding carboxylic acids is 3. The molecule has 0 radical (unpaired) electrons. The SMILES string of the molecule is CCCCCCCCCCCC(=O)N[C@@H](C(=O)O)[C@@H]1NC(=O)[C@@H](Cc2ccccc2)NC(=O)[C@@H](N)Cc2ccc(c([N+](=O)[O-])c2)Oc2cc1cc(O)c2OC. The molecule has 0 fully saturated rings. The molecule has 3 amide bonds. The average molecular weight is 762 g/mol. The third-order valence-corrected chi connectivity index (χ3v) is 9.49. The molecule has 15 nitrogen and oxygen atoms in total. The number of fused-ring (bicyclic) bond motifs is 9. The average Bonchev–Trinajstić information content (AvgIpc) is 3.15. The van der Waals surface area contributed by atoms with E-state index in [0.717, 1.165) is 31.7 Å². The van der Waals surface area contributed by atoms with Crippen LogP contribution in [0.4, 0.5) is 5.69 Å². The number of nitro benzene ring substituents is 1. The van der Waals surface area contributed by atoms with E-state index in [2.05, 4.69) is 22.9 Å². The Bertz CT molecular complexity index is 1800. The van der Waals surface area contributed by atoms with Gasteiger partial charge in [-0.15, -0.1) is 0 Å². The molecule has 3 aromatic rings. The first kappa shape index (κ1) is 42.0. The van der Waals surface area contributed by atoms with Gasteiger partial charge in [0.15, 0.2) is 17.5 Å². The summed E-state index contributed by atoms with van der Waals surface area (Å²) < 4.78 is 11.3. The molecule has 2 aliphatic heterocycles. The molecule has 3 aromatic carbocycles. The summed E-state index contributed by atoms with van der Waals surface area (Å²) in [6.07, 6.45) is 9.02. The van der Waals surface area contributed by atoms with Crippen LogP contribution in [0.3, 0.4) is 0 Å². The molecule has 2 heterocycles. The van der Waals surface area contributed by atoms with E-state index < -0.39 is 64.2 Å². The largest absolute Gasteiger partial charge is 0.504 e. The van der Waals surface area contributed by atoms with Crippen LogP contribution in [0.1, 0.15) is 93.9 Å². The Labute approximate surface area is 320 Å². The van der Waals surface area contributed by atoms with Gasteiger partial charge in [0.25, 0.3) is 0 Å². The Morgan fingerprint density at radius 2 is 1.64 bits per heavy atom. The first-order valence-corrected chi connectivity index (χ1v) is 18.7. The van der Waals surface area contributed by atoms with Crippen molar-refractivity contribution in [2.45, 2.75) is 108 Å². The summed E-state index contributed by atoms with van der Waals surface area (Å²) in [4.78, 5) is 65.3. The highest BCUT2D eigenvalue weighted by molar-refractivity contribution is 5.91. The van der Waals surface area contributed by atoms with Gasteiger partial charge >= 0.3 is 11.7 Å². The second-order valence-electron chi connectivity index (χ2n) is 13.7. The zero-order valence-corrected chi connectivity index (χ0v) is 31.3. The first-order valence-electron chi connectivity index (χ1n) is 18.7. The molecule has 15 heteroatoms. The number of nitro groups is 1. The lowest BCUT2D eigenvalue weighted by molar-refractivity contribution is -0.385. The number of unbranched alkanes of at least 4 members (excludes halogenated alkanes) is 8. The van der Waals surface area contributed by atoms with E-state index in [-0.39, 0.29) is 42.1 Å². The zero-order chi connectivity index (χ0) is 39.9. The van der Waals surface area contributed by atoms with Crippen LogP contribution in [0.15, 0.2) is 60.7 Å². The summed E-state index contributed by atoms with van der Waals surface area (Å²) in [6.45, 7) is 2.16. The van der Waals surface area contributed by atoms with Crippen molar-refractivity contribution in [3.63, 3.8) is 0 Å². The number of aromatic hydroxyl groups is 1. The maximum absolute atomic E-state index is 14.2. The topological polar surface area (TPSA) is 232 Å². The maximum atomic E-state index is 14.2. The quantitative estimate of drug-likeness (QED) is 0.0582. The Kier molecular flexibility index (Phi) is 15.8. The molecule has 7 N–H and O–H groups in total. The molecule has 4 atom stereocenters. The van der Waals surface area contributed by atoms with Gasteiger partial charge in [0.1, 0.15) is 6.04 Å². The first-order chi connectivity index (χ1) is 26.4. The second-order valence-corrected chi connectivity index (χ2v) is 13.7. The number of nitrogens with one attached hydrogen (secondary N) is 3. The van der Waals surface area contributed by atoms with Gasteiger partial charge < -0.3 is 41.4 Å². The van der Waals surface area contributed by atoms with Crippen molar-refractivity contribution >= 4 is 29.4 Å². The van der Waals surface area contributed by atoms with Gasteiger partial charge in [-0.05, 0) is 47.7 Å². The maximum Gasteiger partial charge on any atom is 0.328 e. The number of phenols is 1. The number of nitrogens with two attached hydrogens (primary N) is 1. The second kappa shape index (κ2) is 20.7. The summed E-state index contributed by atoms with van der Waals surface area (Å²) in [5.74, 6) is -4.90. The van der Waals surface area contributed by atoms with Gasteiger partial charge in [0.2, 0.25) is 29.2 Å². The smallest absolute Gasteiger partial charge is 0.328 e. The standard InChI is InChI=1S/C40H51N5O10/c1-3-4-5-6-7-8-9-10-14-17-34(47)43-36(40(50)51)35-27-23-31(46)37(54-2)33(24-27)55-32-19-18-26(22-30(32)45(52)53)20-28(41)38(48)42-29(39(49)44-35)21-25-15-12-11-13-16-25/h11-13,15-16,18-19,22-24,28-29,35-36,46H,3-10,14,17,20-21,41H2,1-2H3,(H,42,48)(H,43,47)(H,44,49)(H,50,51)/t28-,29+,35+,36+/m0/s1. The third-order valence-electron chi connectivity index (χ3n) is 9.49. The van der Waals surface area contributed by atoms with E-state index >= 15 is 0 Å². The molecule has 5 rings (SSSR count). The number of rotatable bonds is 17. The molecule has 0 aliphatic carbocycles. The molecule has 55 heavy (non-hydrogen) atoms. The highest BCUT2D eigenvalue weighted by Crippen LogP contribution is 2.44. The molecular weight excluding hydrogens is 710 g/mol. The van der Waals surface area contributed by atoms with Crippen molar-refractivity contribution in [2.24, 2.45) is 5.73 Å². The predicted molar refractivity (Wildman–Crippen MR) is 204 cm³/mol. The van der Waals surface area contributed by atoms with Crippen molar-refractivity contribution in [3.8, 4) is 23.0 Å². The number of benzene rings is 3. The highest BCUT2D eigenvalue weighted by atomic mass is 16.6. The van der Waals surface area contributed by atoms with Gasteiger partial charge in [-0.3, -0.25) is 24.5 Å². The fourth-order valence-corrected chi connectivity index (χ4v) is 6.53. The number of carboxylic acids is 1. The lowest BCUT2D eigenvalue weighted by Crippen LogP contribution is -2.56. The van der Waals surface area contributed by atoms with Crippen molar-refractivity contribution < 1.29 is 43.8 Å². The summed E-state index contributed by atoms with van der Waals surface area (Å²) in [5, 5.41) is 41.7. The van der Waals surface area contributed by atoms with Gasteiger partial charge in [-0.25, -0.2) is 4.79 Å². The lowest BCUT2D eigenvalue weighted by atomic mass is 9.96. The number of amides is 3. The van der Waals surface area contributed by atoms with Gasteiger partial charge in [0.05, 0.1) is 24.1 Å². The molecule has 0 saturated carbocycles. The van der Waals surface area contributed by atoms with E-state index in [1.165, 1.54) is 57.1 Å². The van der Waals surface area contributed by atoms with Crippen LogP contribution in [0.2, 0.25) is 0 Å². The number of nitrogens with zero attached hydrogens (tertiary/aromatic N) is 1. The molecule has 0 spiro atoms. The molecule has 0 unspecified atom stereocenters. The molecule has 0 saturated heterocycles. The molecule has 2 aliphatic rings. The van der Waals surface area contributed by atoms with Gasteiger partial charge in [-0.2, -0.15) is 0 Å². The zero-order valence-electron chi connectivity index (χ0n) is 31.3. The predicted octanol–water partition coefficient (Wildman–Crippen LogP) is 5.36. The Morgan fingerprint density at radius 3 is 2.27 bits per heavy atom. The number of methoxy groups -OCH3 is 1. The van der Waals surface area contributed by atoms with E-state index in [0.29, 0.717) is 17.5 Å². The third kappa shape index (κ3) is 12.2. The van der Waals surface area contributed by atoms with Gasteiger partial charge in [-0.1, -0.05) is 94.7 Å². The lowest BCUT2D eigenvalue weighted by Gasteiger charge is -2.30. The number of phenolic OH excluding ortho intramolecular Hbond substituents is 1. The summed E-state index contributed by atoms with van der Waals surface area (Å²) in [7, 11) is 1.23. The summed E-state index contributed by atoms with van der Waals surface area (Å²) >= 11 is 0. The molecule has 296 valence electrons. The van der Waals surface area contributed by atoms with Crippen LogP contribution in [0.25, 0.3) is 0 Å². The van der Waals surface area contributed by atoms with Crippen LogP contribution in [-0.4, -0.2) is 64.1 Å². The van der Waals surface area contributed by atoms with Crippen LogP contribution < -0.4 is 31.2 Å². The minimum Gasteiger partial charge on any atom is -0.504 e. The van der Waals surface area contributed by atoms with E-state index in [4.69, 9.17) is 15.2 Å².